The summed E-state index contributed by atoms with van der Waals surface area (Å²) in [5.74, 6) is -0.721. The van der Waals surface area contributed by atoms with Crippen molar-refractivity contribution in [2.75, 3.05) is 23.7 Å². The van der Waals surface area contributed by atoms with E-state index in [1.54, 1.807) is 18.2 Å². The highest BCUT2D eigenvalue weighted by Gasteiger charge is 2.33. The topological polar surface area (TPSA) is 86.8 Å². The molecule has 0 saturated heterocycles. The number of carbonyl (C=O) groups is 2. The molecule has 3 rings (SSSR count). The van der Waals surface area contributed by atoms with E-state index < -0.39 is 28.5 Å². The Balaban J connectivity index is 2.03. The minimum Gasteiger partial charge on any atom is -0.354 e. The molecule has 0 bridgehead atoms. The molecular formula is C31H38BrN3O4S. The molecule has 0 aliphatic rings. The van der Waals surface area contributed by atoms with Crippen molar-refractivity contribution in [3.05, 3.63) is 99.5 Å². The highest BCUT2D eigenvalue weighted by atomic mass is 79.9. The van der Waals surface area contributed by atoms with Gasteiger partial charge in [-0.3, -0.25) is 13.9 Å². The quantitative estimate of drug-likeness (QED) is 0.258. The molecule has 3 aromatic carbocycles. The number of hydrogen-bond acceptors (Lipinski definition) is 4. The first-order valence-corrected chi connectivity index (χ1v) is 16.0. The molecule has 0 radical (unpaired) electrons. The summed E-state index contributed by atoms with van der Waals surface area (Å²) >= 11 is 3.45. The van der Waals surface area contributed by atoms with Crippen molar-refractivity contribution in [1.82, 2.24) is 10.2 Å². The number of halogens is 1. The second-order valence-corrected chi connectivity index (χ2v) is 12.8. The molecule has 0 aromatic heterocycles. The Kier molecular flexibility index (Phi) is 11.3. The molecular weight excluding hydrogens is 590 g/mol. The van der Waals surface area contributed by atoms with Crippen LogP contribution in [-0.2, 0) is 32.6 Å². The molecule has 2 amide bonds. The lowest BCUT2D eigenvalue weighted by Gasteiger charge is -2.33. The highest BCUT2D eigenvalue weighted by Crippen LogP contribution is 2.25. The van der Waals surface area contributed by atoms with Crippen molar-refractivity contribution in [3.8, 4) is 0 Å². The molecule has 40 heavy (non-hydrogen) atoms. The van der Waals surface area contributed by atoms with Gasteiger partial charge in [-0.2, -0.15) is 0 Å². The molecule has 214 valence electrons. The summed E-state index contributed by atoms with van der Waals surface area (Å²) in [4.78, 5) is 29.2. The van der Waals surface area contributed by atoms with Crippen LogP contribution < -0.4 is 9.62 Å². The zero-order chi connectivity index (χ0) is 29.3. The van der Waals surface area contributed by atoms with Crippen LogP contribution in [-0.4, -0.2) is 50.5 Å². The monoisotopic (exact) mass is 627 g/mol. The predicted molar refractivity (Wildman–Crippen MR) is 165 cm³/mol. The fraction of sp³-hybridized carbons (Fsp3) is 0.355. The standard InChI is InChI=1S/C31H38BrN3O4S/c1-5-6-18-33-31(37)29(20-25-10-8-7-9-11-25)34(21-26-14-12-23(2)13-15-26)30(36)22-35(40(4,38)39)27-16-17-28(32)24(3)19-27/h7-17,19,29H,5-6,18,20-22H2,1-4H3,(H,33,37). The van der Waals surface area contributed by atoms with E-state index in [-0.39, 0.29) is 12.5 Å². The van der Waals surface area contributed by atoms with Gasteiger partial charge in [0.15, 0.2) is 0 Å². The molecule has 9 heteroatoms. The summed E-state index contributed by atoms with van der Waals surface area (Å²) in [7, 11) is -3.81. The summed E-state index contributed by atoms with van der Waals surface area (Å²) < 4.78 is 27.8. The molecule has 0 heterocycles. The maximum atomic E-state index is 14.1. The maximum Gasteiger partial charge on any atom is 0.244 e. The molecule has 0 aliphatic carbocycles. The van der Waals surface area contributed by atoms with Gasteiger partial charge in [-0.25, -0.2) is 8.42 Å². The average molecular weight is 629 g/mol. The van der Waals surface area contributed by atoms with Crippen LogP contribution in [0.25, 0.3) is 0 Å². The Morgan fingerprint density at radius 1 is 0.950 bits per heavy atom. The van der Waals surface area contributed by atoms with Gasteiger partial charge in [-0.1, -0.05) is 89.4 Å². The van der Waals surface area contributed by atoms with Gasteiger partial charge in [-0.05, 0) is 55.2 Å². The SMILES string of the molecule is CCCCNC(=O)C(Cc1ccccc1)N(Cc1ccc(C)cc1)C(=O)CN(c1ccc(Br)c(C)c1)S(C)(=O)=O. The van der Waals surface area contributed by atoms with Crippen molar-refractivity contribution in [2.45, 2.75) is 52.6 Å². The van der Waals surface area contributed by atoms with E-state index in [4.69, 9.17) is 0 Å². The van der Waals surface area contributed by atoms with Crippen LogP contribution in [0.4, 0.5) is 5.69 Å². The van der Waals surface area contributed by atoms with Gasteiger partial charge < -0.3 is 10.2 Å². The van der Waals surface area contributed by atoms with Crippen LogP contribution in [0.3, 0.4) is 0 Å². The lowest BCUT2D eigenvalue weighted by Crippen LogP contribution is -2.53. The molecule has 1 atom stereocenters. The largest absolute Gasteiger partial charge is 0.354 e. The normalized spacial score (nSPS) is 12.0. The Bertz CT molecular complexity index is 1400. The van der Waals surface area contributed by atoms with E-state index in [2.05, 4.69) is 21.2 Å². The fourth-order valence-corrected chi connectivity index (χ4v) is 5.44. The minimum absolute atomic E-state index is 0.161. The number of rotatable bonds is 13. The van der Waals surface area contributed by atoms with Crippen molar-refractivity contribution in [1.29, 1.82) is 0 Å². The van der Waals surface area contributed by atoms with Crippen LogP contribution in [0.2, 0.25) is 0 Å². The molecule has 0 saturated carbocycles. The zero-order valence-corrected chi connectivity index (χ0v) is 26.0. The van der Waals surface area contributed by atoms with Crippen LogP contribution in [0, 0.1) is 13.8 Å². The van der Waals surface area contributed by atoms with Gasteiger partial charge in [0.05, 0.1) is 11.9 Å². The van der Waals surface area contributed by atoms with Crippen LogP contribution >= 0.6 is 15.9 Å². The van der Waals surface area contributed by atoms with Gasteiger partial charge in [0.2, 0.25) is 21.8 Å². The van der Waals surface area contributed by atoms with Crippen molar-refractivity contribution < 1.29 is 18.0 Å². The van der Waals surface area contributed by atoms with Crippen molar-refractivity contribution in [3.63, 3.8) is 0 Å². The molecule has 1 unspecified atom stereocenters. The van der Waals surface area contributed by atoms with Crippen LogP contribution in [0.5, 0.6) is 0 Å². The first-order chi connectivity index (χ1) is 19.0. The number of aryl methyl sites for hydroxylation is 2. The number of nitrogens with zero attached hydrogens (tertiary/aromatic N) is 2. The van der Waals surface area contributed by atoms with E-state index in [1.807, 2.05) is 75.4 Å². The number of carbonyl (C=O) groups excluding carboxylic acids is 2. The van der Waals surface area contributed by atoms with Crippen molar-refractivity contribution in [2.24, 2.45) is 0 Å². The number of hydrogen-bond donors (Lipinski definition) is 1. The smallest absolute Gasteiger partial charge is 0.244 e. The summed E-state index contributed by atoms with van der Waals surface area (Å²) in [6.07, 6.45) is 3.12. The number of benzene rings is 3. The third kappa shape index (κ3) is 8.93. The second kappa shape index (κ2) is 14.5. The summed E-state index contributed by atoms with van der Waals surface area (Å²) in [6.45, 7) is 6.12. The number of unbranched alkanes of at least 4 members (excludes halogenated alkanes) is 1. The van der Waals surface area contributed by atoms with E-state index in [9.17, 15) is 18.0 Å². The van der Waals surface area contributed by atoms with Gasteiger partial charge in [0.25, 0.3) is 0 Å². The van der Waals surface area contributed by atoms with E-state index in [1.165, 1.54) is 4.90 Å². The molecule has 3 aromatic rings. The summed E-state index contributed by atoms with van der Waals surface area (Å²) in [5.41, 5.74) is 4.06. The van der Waals surface area contributed by atoms with Gasteiger partial charge in [0, 0.05) is 24.0 Å². The number of nitrogens with one attached hydrogen (secondary N) is 1. The third-order valence-corrected chi connectivity index (χ3v) is 8.71. The first-order valence-electron chi connectivity index (χ1n) is 13.4. The zero-order valence-electron chi connectivity index (χ0n) is 23.6. The molecule has 1 N–H and O–H groups in total. The Morgan fingerprint density at radius 2 is 1.62 bits per heavy atom. The fourth-order valence-electron chi connectivity index (χ4n) is 4.35. The van der Waals surface area contributed by atoms with Crippen LogP contribution in [0.1, 0.15) is 42.0 Å². The number of sulfonamides is 1. The second-order valence-electron chi connectivity index (χ2n) is 10.1. The molecule has 0 aliphatic heterocycles. The number of anilines is 1. The highest BCUT2D eigenvalue weighted by molar-refractivity contribution is 9.10. The predicted octanol–water partition coefficient (Wildman–Crippen LogP) is 5.39. The van der Waals surface area contributed by atoms with Gasteiger partial charge in [0.1, 0.15) is 12.6 Å². The van der Waals surface area contributed by atoms with E-state index >= 15 is 0 Å². The molecule has 0 fully saturated rings. The van der Waals surface area contributed by atoms with Gasteiger partial charge >= 0.3 is 0 Å². The minimum atomic E-state index is -3.81. The van der Waals surface area contributed by atoms with Crippen molar-refractivity contribution >= 4 is 43.5 Å². The average Bonchev–Trinajstić information content (AvgIpc) is 2.92. The molecule has 0 spiro atoms. The Labute approximate surface area is 246 Å². The lowest BCUT2D eigenvalue weighted by atomic mass is 10.0. The Morgan fingerprint density at radius 3 is 2.23 bits per heavy atom. The third-order valence-electron chi connectivity index (χ3n) is 6.68. The van der Waals surface area contributed by atoms with E-state index in [0.717, 1.165) is 50.1 Å². The van der Waals surface area contributed by atoms with Gasteiger partial charge in [-0.15, -0.1) is 0 Å². The summed E-state index contributed by atoms with van der Waals surface area (Å²) in [5, 5.41) is 2.99. The van der Waals surface area contributed by atoms with Crippen LogP contribution in [0.15, 0.2) is 77.3 Å². The first kappa shape index (κ1) is 31.4. The van der Waals surface area contributed by atoms with E-state index in [0.29, 0.717) is 18.7 Å². The maximum absolute atomic E-state index is 14.1. The Hall–Kier alpha value is -3.17. The molecule has 7 nitrogen and oxygen atoms in total. The summed E-state index contributed by atoms with van der Waals surface area (Å²) in [6, 6.07) is 21.6. The number of amides is 2. The lowest BCUT2D eigenvalue weighted by molar-refractivity contribution is -0.140.